The third kappa shape index (κ3) is 9.09. The molecule has 0 aromatic heterocycles. The van der Waals surface area contributed by atoms with E-state index in [0.717, 1.165) is 12.2 Å². The Labute approximate surface area is 205 Å². The number of carbonyl (C=O) groups is 5. The van der Waals surface area contributed by atoms with Crippen LogP contribution in [-0.2, 0) is 30.4 Å². The lowest BCUT2D eigenvalue weighted by molar-refractivity contribution is -0.143. The van der Waals surface area contributed by atoms with Gasteiger partial charge in [0.05, 0.1) is 6.42 Å². The Bertz CT molecular complexity index is 1160. The second-order valence-electron chi connectivity index (χ2n) is 7.56. The number of carboxylic acids is 2. The van der Waals surface area contributed by atoms with Crippen LogP contribution < -0.4 is 21.7 Å². The van der Waals surface area contributed by atoms with Gasteiger partial charge < -0.3 is 31.9 Å². The summed E-state index contributed by atoms with van der Waals surface area (Å²) in [5.74, 6) is -5.50. The Hall–Kier alpha value is -5.00. The molecule has 0 aliphatic rings. The smallest absolute Gasteiger partial charge is 0.326 e. The molecule has 0 fully saturated rings. The van der Waals surface area contributed by atoms with Gasteiger partial charge in [0, 0.05) is 29.8 Å². The normalized spacial score (nSPS) is 12.2. The summed E-state index contributed by atoms with van der Waals surface area (Å²) in [6.07, 6.45) is 0.820. The maximum atomic E-state index is 12.6. The largest absolute Gasteiger partial charge is 0.481 e. The van der Waals surface area contributed by atoms with Crippen molar-refractivity contribution in [2.45, 2.75) is 24.9 Å². The molecule has 2 rings (SSSR count). The number of carboxylic acid groups (broad SMARTS) is 2. The van der Waals surface area contributed by atoms with Crippen molar-refractivity contribution in [1.82, 2.24) is 10.6 Å². The number of nitrogen functional groups attached to an aromatic ring is 1. The van der Waals surface area contributed by atoms with E-state index in [4.69, 9.17) is 16.2 Å². The third-order valence-corrected chi connectivity index (χ3v) is 4.76. The molecule has 0 spiro atoms. The zero-order valence-corrected chi connectivity index (χ0v) is 18.9. The van der Waals surface area contributed by atoms with Crippen LogP contribution in [0, 0.1) is 5.41 Å². The first-order valence-electron chi connectivity index (χ1n) is 10.6. The van der Waals surface area contributed by atoms with E-state index in [0.29, 0.717) is 16.8 Å². The van der Waals surface area contributed by atoms with Crippen molar-refractivity contribution in [3.63, 3.8) is 0 Å². The third-order valence-electron chi connectivity index (χ3n) is 4.76. The lowest BCUT2D eigenvalue weighted by atomic mass is 10.1. The highest BCUT2D eigenvalue weighted by atomic mass is 16.4. The Morgan fingerprint density at radius 1 is 0.861 bits per heavy atom. The summed E-state index contributed by atoms with van der Waals surface area (Å²) in [7, 11) is 0. The molecule has 0 bridgehead atoms. The van der Waals surface area contributed by atoms with Gasteiger partial charge in [0.15, 0.2) is 0 Å². The van der Waals surface area contributed by atoms with Crippen molar-refractivity contribution >= 4 is 41.2 Å². The van der Waals surface area contributed by atoms with Gasteiger partial charge in [0.1, 0.15) is 17.9 Å². The van der Waals surface area contributed by atoms with E-state index >= 15 is 0 Å². The first-order valence-corrected chi connectivity index (χ1v) is 10.6. The van der Waals surface area contributed by atoms with Crippen LogP contribution in [-0.4, -0.2) is 57.8 Å². The fourth-order valence-electron chi connectivity index (χ4n) is 2.99. The highest BCUT2D eigenvalue weighted by molar-refractivity contribution is 6.04. The molecule has 2 aromatic rings. The molecule has 0 radical (unpaired) electrons. The number of nitrogens with two attached hydrogens (primary N) is 1. The fourth-order valence-corrected chi connectivity index (χ4v) is 2.99. The SMILES string of the molecule is N=C(N)c1ccc(NC(=O)/C=C/C(=O)N[C@@H](CC(=O)O)C(=O)N[C@@H](Cc2ccccc2)C(=O)O)cc1. The van der Waals surface area contributed by atoms with Gasteiger partial charge in [0.25, 0.3) is 0 Å². The number of rotatable bonds is 12. The Morgan fingerprint density at radius 3 is 2.03 bits per heavy atom. The van der Waals surface area contributed by atoms with Gasteiger partial charge in [-0.25, -0.2) is 4.79 Å². The predicted octanol–water partition coefficient (Wildman–Crippen LogP) is 0.237. The summed E-state index contributed by atoms with van der Waals surface area (Å²) in [6.45, 7) is 0. The van der Waals surface area contributed by atoms with E-state index in [1.165, 1.54) is 24.3 Å². The molecule has 188 valence electrons. The molecule has 0 saturated carbocycles. The van der Waals surface area contributed by atoms with E-state index < -0.39 is 48.2 Å². The molecular formula is C24H25N5O7. The number of amides is 3. The predicted molar refractivity (Wildman–Crippen MR) is 129 cm³/mol. The number of benzene rings is 2. The van der Waals surface area contributed by atoms with Gasteiger partial charge in [-0.1, -0.05) is 30.3 Å². The maximum absolute atomic E-state index is 12.6. The number of nitrogens with one attached hydrogen (secondary N) is 4. The number of amidine groups is 1. The molecule has 8 N–H and O–H groups in total. The second-order valence-corrected chi connectivity index (χ2v) is 7.56. The van der Waals surface area contributed by atoms with E-state index in [1.807, 2.05) is 0 Å². The van der Waals surface area contributed by atoms with Crippen molar-refractivity contribution < 1.29 is 34.2 Å². The molecule has 0 heterocycles. The zero-order valence-electron chi connectivity index (χ0n) is 18.9. The van der Waals surface area contributed by atoms with Crippen LogP contribution in [0.1, 0.15) is 17.5 Å². The molecular weight excluding hydrogens is 470 g/mol. The molecule has 36 heavy (non-hydrogen) atoms. The van der Waals surface area contributed by atoms with Crippen LogP contribution in [0.25, 0.3) is 0 Å². The van der Waals surface area contributed by atoms with Crippen molar-refractivity contribution in [2.24, 2.45) is 5.73 Å². The average Bonchev–Trinajstić information content (AvgIpc) is 2.82. The highest BCUT2D eigenvalue weighted by Crippen LogP contribution is 2.09. The summed E-state index contributed by atoms with van der Waals surface area (Å²) in [4.78, 5) is 59.6. The Balaban J connectivity index is 2.00. The monoisotopic (exact) mass is 495 g/mol. The summed E-state index contributed by atoms with van der Waals surface area (Å²) < 4.78 is 0. The van der Waals surface area contributed by atoms with Gasteiger partial charge in [0.2, 0.25) is 17.7 Å². The molecule has 2 aromatic carbocycles. The molecule has 0 aliphatic carbocycles. The minimum Gasteiger partial charge on any atom is -0.481 e. The number of carbonyl (C=O) groups excluding carboxylic acids is 3. The molecule has 2 atom stereocenters. The molecule has 0 unspecified atom stereocenters. The van der Waals surface area contributed by atoms with Gasteiger partial charge in [-0.2, -0.15) is 0 Å². The Morgan fingerprint density at radius 2 is 1.47 bits per heavy atom. The van der Waals surface area contributed by atoms with Crippen molar-refractivity contribution in [3.8, 4) is 0 Å². The van der Waals surface area contributed by atoms with Gasteiger partial charge >= 0.3 is 11.9 Å². The maximum Gasteiger partial charge on any atom is 0.326 e. The summed E-state index contributed by atoms with van der Waals surface area (Å²) in [5, 5.41) is 32.8. The molecule has 0 aliphatic heterocycles. The minimum atomic E-state index is -1.58. The lowest BCUT2D eigenvalue weighted by Crippen LogP contribution is -2.52. The Kier molecular flexibility index (Phi) is 9.86. The quantitative estimate of drug-likeness (QED) is 0.123. The van der Waals surface area contributed by atoms with E-state index in [9.17, 15) is 29.1 Å². The fraction of sp³-hybridized carbons (Fsp3) is 0.167. The summed E-state index contributed by atoms with van der Waals surface area (Å²) in [6, 6.07) is 11.6. The minimum absolute atomic E-state index is 0.0525. The van der Waals surface area contributed by atoms with Crippen LogP contribution in [0.2, 0.25) is 0 Å². The topological polar surface area (TPSA) is 212 Å². The summed E-state index contributed by atoms with van der Waals surface area (Å²) >= 11 is 0. The molecule has 12 nitrogen and oxygen atoms in total. The summed E-state index contributed by atoms with van der Waals surface area (Å²) in [5.41, 5.74) is 6.82. The number of aliphatic carboxylic acids is 2. The van der Waals surface area contributed by atoms with Crippen molar-refractivity contribution in [3.05, 3.63) is 77.9 Å². The van der Waals surface area contributed by atoms with E-state index in [-0.39, 0.29) is 12.3 Å². The molecule has 12 heteroatoms. The highest BCUT2D eigenvalue weighted by Gasteiger charge is 2.28. The van der Waals surface area contributed by atoms with Crippen LogP contribution in [0.4, 0.5) is 5.69 Å². The van der Waals surface area contributed by atoms with E-state index in [1.54, 1.807) is 30.3 Å². The standard InChI is InChI=1S/C24H25N5O7/c25-22(26)15-6-8-16(9-7-15)27-19(30)10-11-20(31)28-17(13-21(32)33)23(34)29-18(24(35)36)12-14-4-2-1-3-5-14/h1-11,17-18H,12-13H2,(H3,25,26)(H,27,30)(H,28,31)(H,29,34)(H,32,33)(H,35,36)/b11-10+/t17-,18-/m0/s1. The number of hydrogen-bond acceptors (Lipinski definition) is 6. The first kappa shape index (κ1) is 27.2. The second kappa shape index (κ2) is 13.0. The van der Waals surface area contributed by atoms with Crippen LogP contribution in [0.5, 0.6) is 0 Å². The first-order chi connectivity index (χ1) is 17.0. The zero-order chi connectivity index (χ0) is 26.7. The van der Waals surface area contributed by atoms with Gasteiger partial charge in [-0.15, -0.1) is 0 Å². The van der Waals surface area contributed by atoms with Gasteiger partial charge in [-0.3, -0.25) is 24.6 Å². The number of anilines is 1. The lowest BCUT2D eigenvalue weighted by Gasteiger charge is -2.20. The molecule has 3 amide bonds. The van der Waals surface area contributed by atoms with Crippen LogP contribution >= 0.6 is 0 Å². The van der Waals surface area contributed by atoms with Crippen LogP contribution in [0.3, 0.4) is 0 Å². The van der Waals surface area contributed by atoms with E-state index in [2.05, 4.69) is 16.0 Å². The van der Waals surface area contributed by atoms with Gasteiger partial charge in [-0.05, 0) is 29.8 Å². The van der Waals surface area contributed by atoms with Crippen molar-refractivity contribution in [2.75, 3.05) is 5.32 Å². The molecule has 0 saturated heterocycles. The van der Waals surface area contributed by atoms with Crippen molar-refractivity contribution in [1.29, 1.82) is 5.41 Å². The van der Waals surface area contributed by atoms with Crippen LogP contribution in [0.15, 0.2) is 66.7 Å². The number of hydrogen-bond donors (Lipinski definition) is 7. The average molecular weight is 495 g/mol.